The first-order valence-electron chi connectivity index (χ1n) is 9.63. The maximum absolute atomic E-state index is 13.4. The first-order valence-corrected chi connectivity index (χ1v) is 9.63. The van der Waals surface area contributed by atoms with E-state index in [0.717, 1.165) is 16.8 Å². The number of aromatic hydroxyl groups is 1. The van der Waals surface area contributed by atoms with Gasteiger partial charge in [0.05, 0.1) is 23.7 Å². The summed E-state index contributed by atoms with van der Waals surface area (Å²) >= 11 is 0. The van der Waals surface area contributed by atoms with E-state index in [1.165, 1.54) is 7.11 Å². The largest absolute Gasteiger partial charge is 0.504 e. The Kier molecular flexibility index (Phi) is 5.11. The number of aryl methyl sites for hydroxylation is 2. The molecule has 1 aromatic heterocycles. The Morgan fingerprint density at radius 3 is 2.57 bits per heavy atom. The number of hydrogen-bond acceptors (Lipinski definition) is 4. The minimum Gasteiger partial charge on any atom is -0.504 e. The van der Waals surface area contributed by atoms with Gasteiger partial charge in [-0.05, 0) is 55.8 Å². The minimum absolute atomic E-state index is 0.0393. The molecule has 0 aliphatic rings. The van der Waals surface area contributed by atoms with E-state index in [0.29, 0.717) is 28.0 Å². The summed E-state index contributed by atoms with van der Waals surface area (Å²) in [4.78, 5) is 18.1. The van der Waals surface area contributed by atoms with Crippen molar-refractivity contribution < 1.29 is 9.84 Å². The summed E-state index contributed by atoms with van der Waals surface area (Å²) in [5, 5.41) is 10.9. The van der Waals surface area contributed by atoms with Gasteiger partial charge in [0.25, 0.3) is 5.56 Å². The molecule has 0 bridgehead atoms. The molecule has 1 N–H and O–H groups in total. The quantitative estimate of drug-likeness (QED) is 0.532. The third-order valence-corrected chi connectivity index (χ3v) is 5.06. The van der Waals surface area contributed by atoms with Crippen molar-refractivity contribution in [3.63, 3.8) is 0 Å². The molecule has 0 fully saturated rings. The number of phenols is 1. The molecular formula is C25H22N2O3. The standard InChI is InChI=1S/C25H22N2O3/c1-16-11-13-21(17(2)15-16)27-23(26-20-9-5-4-8-19(20)25(27)29)14-12-18-7-6-10-22(30-3)24(18)28/h4-15,28H,1-3H3/b14-12+. The number of fused-ring (bicyclic) bond motifs is 1. The zero-order valence-electron chi connectivity index (χ0n) is 17.1. The molecule has 0 atom stereocenters. The predicted octanol–water partition coefficient (Wildman–Crippen LogP) is 4.89. The van der Waals surface area contributed by atoms with Gasteiger partial charge in [-0.3, -0.25) is 9.36 Å². The van der Waals surface area contributed by atoms with E-state index in [9.17, 15) is 9.90 Å². The predicted molar refractivity (Wildman–Crippen MR) is 120 cm³/mol. The Morgan fingerprint density at radius 1 is 1.00 bits per heavy atom. The van der Waals surface area contributed by atoms with Crippen LogP contribution in [0.2, 0.25) is 0 Å². The lowest BCUT2D eigenvalue weighted by Crippen LogP contribution is -2.23. The second kappa shape index (κ2) is 7.87. The summed E-state index contributed by atoms with van der Waals surface area (Å²) in [7, 11) is 1.51. The number of ether oxygens (including phenoxy) is 1. The number of rotatable bonds is 4. The number of phenolic OH excluding ortho intramolecular Hbond substituents is 1. The van der Waals surface area contributed by atoms with Crippen LogP contribution in [-0.4, -0.2) is 21.8 Å². The maximum Gasteiger partial charge on any atom is 0.266 e. The maximum atomic E-state index is 13.4. The Balaban J connectivity index is 1.96. The van der Waals surface area contributed by atoms with Crippen LogP contribution in [0.5, 0.6) is 11.5 Å². The summed E-state index contributed by atoms with van der Waals surface area (Å²) in [6, 6.07) is 18.5. The second-order valence-corrected chi connectivity index (χ2v) is 7.15. The molecule has 0 unspecified atom stereocenters. The molecule has 5 nitrogen and oxygen atoms in total. The van der Waals surface area contributed by atoms with E-state index in [-0.39, 0.29) is 11.3 Å². The highest BCUT2D eigenvalue weighted by Crippen LogP contribution is 2.30. The van der Waals surface area contributed by atoms with Crippen molar-refractivity contribution >= 4 is 23.1 Å². The first-order chi connectivity index (χ1) is 14.5. The molecule has 4 rings (SSSR count). The van der Waals surface area contributed by atoms with Gasteiger partial charge in [-0.2, -0.15) is 0 Å². The van der Waals surface area contributed by atoms with Gasteiger partial charge >= 0.3 is 0 Å². The summed E-state index contributed by atoms with van der Waals surface area (Å²) in [5.41, 5.74) is 3.94. The number of benzene rings is 3. The third kappa shape index (κ3) is 3.46. The van der Waals surface area contributed by atoms with Crippen molar-refractivity contribution in [2.24, 2.45) is 0 Å². The average Bonchev–Trinajstić information content (AvgIpc) is 2.74. The summed E-state index contributed by atoms with van der Waals surface area (Å²) in [6.07, 6.45) is 3.47. The highest BCUT2D eigenvalue weighted by Gasteiger charge is 2.13. The van der Waals surface area contributed by atoms with Crippen molar-refractivity contribution in [2.45, 2.75) is 13.8 Å². The van der Waals surface area contributed by atoms with Crippen LogP contribution in [-0.2, 0) is 0 Å². The summed E-state index contributed by atoms with van der Waals surface area (Å²) in [5.74, 6) is 0.903. The van der Waals surface area contributed by atoms with Crippen LogP contribution in [0.4, 0.5) is 0 Å². The van der Waals surface area contributed by atoms with Crippen LogP contribution in [0, 0.1) is 13.8 Å². The lowest BCUT2D eigenvalue weighted by atomic mass is 10.1. The van der Waals surface area contributed by atoms with Crippen molar-refractivity contribution in [1.29, 1.82) is 0 Å². The van der Waals surface area contributed by atoms with Gasteiger partial charge in [0.1, 0.15) is 5.82 Å². The van der Waals surface area contributed by atoms with E-state index in [1.807, 2.05) is 50.2 Å². The van der Waals surface area contributed by atoms with Crippen molar-refractivity contribution in [3.05, 3.63) is 93.5 Å². The molecule has 4 aromatic rings. The Bertz CT molecular complexity index is 1340. The molecule has 30 heavy (non-hydrogen) atoms. The van der Waals surface area contributed by atoms with Gasteiger partial charge in [-0.15, -0.1) is 0 Å². The topological polar surface area (TPSA) is 64.3 Å². The lowest BCUT2D eigenvalue weighted by Gasteiger charge is -2.14. The van der Waals surface area contributed by atoms with Crippen LogP contribution < -0.4 is 10.3 Å². The van der Waals surface area contributed by atoms with Gasteiger partial charge in [-0.25, -0.2) is 4.98 Å². The Labute approximate surface area is 174 Å². The molecule has 1 heterocycles. The van der Waals surface area contributed by atoms with Gasteiger partial charge in [0.2, 0.25) is 0 Å². The van der Waals surface area contributed by atoms with Crippen LogP contribution in [0.1, 0.15) is 22.5 Å². The smallest absolute Gasteiger partial charge is 0.266 e. The zero-order chi connectivity index (χ0) is 21.3. The van der Waals surface area contributed by atoms with Crippen molar-refractivity contribution in [3.8, 4) is 17.2 Å². The summed E-state index contributed by atoms with van der Waals surface area (Å²) in [6.45, 7) is 4.00. The highest BCUT2D eigenvalue weighted by atomic mass is 16.5. The van der Waals surface area contributed by atoms with Gasteiger partial charge in [-0.1, -0.05) is 42.0 Å². The number of methoxy groups -OCH3 is 1. The molecule has 150 valence electrons. The number of para-hydroxylation sites is 2. The number of nitrogens with zero attached hydrogens (tertiary/aromatic N) is 2. The van der Waals surface area contributed by atoms with Crippen LogP contribution in [0.25, 0.3) is 28.7 Å². The van der Waals surface area contributed by atoms with Crippen LogP contribution in [0.3, 0.4) is 0 Å². The van der Waals surface area contributed by atoms with E-state index < -0.39 is 0 Å². The van der Waals surface area contributed by atoms with Gasteiger partial charge in [0.15, 0.2) is 11.5 Å². The molecule has 0 spiro atoms. The minimum atomic E-state index is -0.137. The van der Waals surface area contributed by atoms with Crippen LogP contribution in [0.15, 0.2) is 65.5 Å². The molecule has 0 saturated carbocycles. The highest BCUT2D eigenvalue weighted by molar-refractivity contribution is 5.80. The molecule has 0 radical (unpaired) electrons. The average molecular weight is 398 g/mol. The van der Waals surface area contributed by atoms with Gasteiger partial charge in [0, 0.05) is 5.56 Å². The van der Waals surface area contributed by atoms with E-state index in [1.54, 1.807) is 41.0 Å². The van der Waals surface area contributed by atoms with Crippen LogP contribution >= 0.6 is 0 Å². The third-order valence-electron chi connectivity index (χ3n) is 5.06. The zero-order valence-corrected chi connectivity index (χ0v) is 17.1. The van der Waals surface area contributed by atoms with E-state index in [4.69, 9.17) is 9.72 Å². The molecule has 0 aliphatic carbocycles. The fourth-order valence-corrected chi connectivity index (χ4v) is 3.55. The normalized spacial score (nSPS) is 11.3. The lowest BCUT2D eigenvalue weighted by molar-refractivity contribution is 0.373. The second-order valence-electron chi connectivity index (χ2n) is 7.15. The van der Waals surface area contributed by atoms with Crippen molar-refractivity contribution in [1.82, 2.24) is 9.55 Å². The number of hydrogen-bond donors (Lipinski definition) is 1. The fraction of sp³-hybridized carbons (Fsp3) is 0.120. The molecule has 0 saturated heterocycles. The van der Waals surface area contributed by atoms with E-state index in [2.05, 4.69) is 0 Å². The molecule has 0 aliphatic heterocycles. The molecule has 0 amide bonds. The molecule has 5 heteroatoms. The van der Waals surface area contributed by atoms with Crippen molar-refractivity contribution in [2.75, 3.05) is 7.11 Å². The number of aromatic nitrogens is 2. The monoisotopic (exact) mass is 398 g/mol. The van der Waals surface area contributed by atoms with E-state index >= 15 is 0 Å². The Morgan fingerprint density at radius 2 is 1.80 bits per heavy atom. The molecular weight excluding hydrogens is 376 g/mol. The SMILES string of the molecule is COc1cccc(/C=C/c2nc3ccccc3c(=O)n2-c2ccc(C)cc2C)c1O. The summed E-state index contributed by atoms with van der Waals surface area (Å²) < 4.78 is 6.80. The Hall–Kier alpha value is -3.86. The first kappa shape index (κ1) is 19.5. The van der Waals surface area contributed by atoms with Gasteiger partial charge < -0.3 is 9.84 Å². The fourth-order valence-electron chi connectivity index (χ4n) is 3.55. The molecule has 3 aromatic carbocycles.